The molecular formula is C12H13ClN2O3. The zero-order chi connectivity index (χ0) is 13.1. The average molecular weight is 269 g/mol. The minimum absolute atomic E-state index is 0.0410. The van der Waals surface area contributed by atoms with Gasteiger partial charge in [-0.05, 0) is 43.1 Å². The highest BCUT2D eigenvalue weighted by atomic mass is 35.5. The molecule has 18 heavy (non-hydrogen) atoms. The fourth-order valence-electron chi connectivity index (χ4n) is 1.61. The van der Waals surface area contributed by atoms with Crippen molar-refractivity contribution in [2.75, 3.05) is 6.61 Å². The molecule has 0 saturated heterocycles. The van der Waals surface area contributed by atoms with Gasteiger partial charge in [-0.25, -0.2) is 0 Å². The number of rotatable bonds is 4. The smallest absolute Gasteiger partial charge is 0.293 e. The predicted octanol–water partition coefficient (Wildman–Crippen LogP) is 1.98. The Kier molecular flexibility index (Phi) is 3.84. The van der Waals surface area contributed by atoms with E-state index in [-0.39, 0.29) is 23.9 Å². The minimum Gasteiger partial charge on any atom is -0.428 e. The summed E-state index contributed by atoms with van der Waals surface area (Å²) in [5, 5.41) is 11.6. The molecule has 0 unspecified atom stereocenters. The van der Waals surface area contributed by atoms with Crippen molar-refractivity contribution in [3.05, 3.63) is 29.1 Å². The SMILES string of the molecule is C[C@@H](CCO)NC(=O)c1ccc2oc(Cl)nc2c1. The first-order chi connectivity index (χ1) is 8.60. The summed E-state index contributed by atoms with van der Waals surface area (Å²) in [6.07, 6.45) is 0.518. The number of aliphatic hydroxyl groups excluding tert-OH is 1. The minimum atomic E-state index is -0.211. The maximum Gasteiger partial charge on any atom is 0.293 e. The number of amides is 1. The van der Waals surface area contributed by atoms with Gasteiger partial charge in [-0.15, -0.1) is 0 Å². The molecule has 0 bridgehead atoms. The van der Waals surface area contributed by atoms with Crippen molar-refractivity contribution in [3.8, 4) is 0 Å². The fraction of sp³-hybridized carbons (Fsp3) is 0.333. The van der Waals surface area contributed by atoms with E-state index in [1.54, 1.807) is 18.2 Å². The van der Waals surface area contributed by atoms with Crippen LogP contribution in [0.4, 0.5) is 0 Å². The molecule has 0 fully saturated rings. The molecule has 96 valence electrons. The molecule has 2 rings (SSSR count). The van der Waals surface area contributed by atoms with Crippen molar-refractivity contribution < 1.29 is 14.3 Å². The molecule has 0 saturated carbocycles. The second-order valence-electron chi connectivity index (χ2n) is 4.04. The number of benzene rings is 1. The second kappa shape index (κ2) is 5.37. The highest BCUT2D eigenvalue weighted by Gasteiger charge is 2.12. The Morgan fingerprint density at radius 2 is 2.39 bits per heavy atom. The highest BCUT2D eigenvalue weighted by Crippen LogP contribution is 2.19. The van der Waals surface area contributed by atoms with Gasteiger partial charge in [0.25, 0.3) is 11.3 Å². The van der Waals surface area contributed by atoms with E-state index in [0.717, 1.165) is 0 Å². The highest BCUT2D eigenvalue weighted by molar-refractivity contribution is 6.28. The molecule has 1 amide bonds. The largest absolute Gasteiger partial charge is 0.428 e. The fourth-order valence-corrected chi connectivity index (χ4v) is 1.79. The third-order valence-electron chi connectivity index (χ3n) is 2.56. The monoisotopic (exact) mass is 268 g/mol. The first-order valence-corrected chi connectivity index (χ1v) is 5.96. The van der Waals surface area contributed by atoms with Crippen molar-refractivity contribution in [1.82, 2.24) is 10.3 Å². The van der Waals surface area contributed by atoms with Gasteiger partial charge in [0.2, 0.25) is 0 Å². The van der Waals surface area contributed by atoms with E-state index >= 15 is 0 Å². The van der Waals surface area contributed by atoms with Crippen molar-refractivity contribution in [2.24, 2.45) is 0 Å². The maximum atomic E-state index is 11.9. The van der Waals surface area contributed by atoms with Crippen LogP contribution in [-0.2, 0) is 0 Å². The number of fused-ring (bicyclic) bond motifs is 1. The Hall–Kier alpha value is -1.59. The zero-order valence-corrected chi connectivity index (χ0v) is 10.6. The molecule has 6 heteroatoms. The van der Waals surface area contributed by atoms with Crippen LogP contribution in [0.3, 0.4) is 0 Å². The number of aromatic nitrogens is 1. The van der Waals surface area contributed by atoms with E-state index in [2.05, 4.69) is 10.3 Å². The number of nitrogens with zero attached hydrogens (tertiary/aromatic N) is 1. The number of oxazole rings is 1. The Morgan fingerprint density at radius 1 is 1.61 bits per heavy atom. The summed E-state index contributed by atoms with van der Waals surface area (Å²) in [6, 6.07) is 4.83. The van der Waals surface area contributed by atoms with Crippen molar-refractivity contribution >= 4 is 28.6 Å². The zero-order valence-electron chi connectivity index (χ0n) is 9.81. The van der Waals surface area contributed by atoms with Crippen molar-refractivity contribution in [2.45, 2.75) is 19.4 Å². The lowest BCUT2D eigenvalue weighted by atomic mass is 10.1. The molecule has 0 aliphatic heterocycles. The van der Waals surface area contributed by atoms with E-state index in [4.69, 9.17) is 21.1 Å². The number of aliphatic hydroxyl groups is 1. The van der Waals surface area contributed by atoms with Crippen LogP contribution in [0.1, 0.15) is 23.7 Å². The van der Waals surface area contributed by atoms with Crippen LogP contribution in [0.2, 0.25) is 5.35 Å². The molecule has 2 N–H and O–H groups in total. The van der Waals surface area contributed by atoms with Crippen LogP contribution in [-0.4, -0.2) is 28.6 Å². The van der Waals surface area contributed by atoms with Crippen LogP contribution < -0.4 is 5.32 Å². The maximum absolute atomic E-state index is 11.9. The summed E-state index contributed by atoms with van der Waals surface area (Å²) in [5.74, 6) is -0.211. The number of nitrogens with one attached hydrogen (secondary N) is 1. The lowest BCUT2D eigenvalue weighted by molar-refractivity contribution is 0.0934. The van der Waals surface area contributed by atoms with E-state index in [1.165, 1.54) is 0 Å². The molecule has 1 heterocycles. The Bertz CT molecular complexity index is 567. The molecule has 0 spiro atoms. The van der Waals surface area contributed by atoms with Crippen LogP contribution in [0.15, 0.2) is 22.6 Å². The number of carbonyl (C=O) groups excluding carboxylic acids is 1. The molecule has 1 aromatic heterocycles. The first-order valence-electron chi connectivity index (χ1n) is 5.58. The van der Waals surface area contributed by atoms with E-state index in [9.17, 15) is 4.79 Å². The van der Waals surface area contributed by atoms with E-state index in [1.807, 2.05) is 6.92 Å². The Balaban J connectivity index is 2.17. The number of halogens is 1. The molecular weight excluding hydrogens is 256 g/mol. The van der Waals surface area contributed by atoms with Gasteiger partial charge in [-0.3, -0.25) is 4.79 Å². The third kappa shape index (κ3) is 2.80. The molecule has 5 nitrogen and oxygen atoms in total. The van der Waals surface area contributed by atoms with Crippen LogP contribution in [0.5, 0.6) is 0 Å². The molecule has 1 aromatic carbocycles. The normalized spacial score (nSPS) is 12.6. The number of hydrogen-bond acceptors (Lipinski definition) is 4. The molecule has 1 atom stereocenters. The molecule has 0 aliphatic rings. The van der Waals surface area contributed by atoms with Gasteiger partial charge in [0, 0.05) is 18.2 Å². The summed E-state index contributed by atoms with van der Waals surface area (Å²) < 4.78 is 5.11. The lowest BCUT2D eigenvalue weighted by Crippen LogP contribution is -2.33. The lowest BCUT2D eigenvalue weighted by Gasteiger charge is -2.12. The van der Waals surface area contributed by atoms with Crippen molar-refractivity contribution in [1.29, 1.82) is 0 Å². The molecule has 0 aliphatic carbocycles. The third-order valence-corrected chi connectivity index (χ3v) is 2.72. The molecule has 2 aromatic rings. The van der Waals surface area contributed by atoms with Crippen LogP contribution >= 0.6 is 11.6 Å². The predicted molar refractivity (Wildman–Crippen MR) is 67.7 cm³/mol. The summed E-state index contributed by atoms with van der Waals surface area (Å²) >= 11 is 5.63. The van der Waals surface area contributed by atoms with Gasteiger partial charge in [-0.2, -0.15) is 4.98 Å². The van der Waals surface area contributed by atoms with Crippen LogP contribution in [0, 0.1) is 0 Å². The summed E-state index contributed by atoms with van der Waals surface area (Å²) in [4.78, 5) is 15.8. The van der Waals surface area contributed by atoms with Crippen LogP contribution in [0.25, 0.3) is 11.1 Å². The van der Waals surface area contributed by atoms with E-state index in [0.29, 0.717) is 23.1 Å². The second-order valence-corrected chi connectivity index (χ2v) is 4.36. The number of carbonyl (C=O) groups is 1. The summed E-state index contributed by atoms with van der Waals surface area (Å²) in [5.41, 5.74) is 1.57. The molecule has 0 radical (unpaired) electrons. The van der Waals surface area contributed by atoms with Gasteiger partial charge in [0.05, 0.1) is 0 Å². The number of hydrogen-bond donors (Lipinski definition) is 2. The quantitative estimate of drug-likeness (QED) is 0.889. The van der Waals surface area contributed by atoms with E-state index < -0.39 is 0 Å². The van der Waals surface area contributed by atoms with Crippen molar-refractivity contribution in [3.63, 3.8) is 0 Å². The standard InChI is InChI=1S/C12H13ClN2O3/c1-7(4-5-16)14-11(17)8-2-3-10-9(6-8)15-12(13)18-10/h2-3,6-7,16H,4-5H2,1H3,(H,14,17)/t7-/m0/s1. The first kappa shape index (κ1) is 12.9. The summed E-state index contributed by atoms with van der Waals surface area (Å²) in [7, 11) is 0. The van der Waals surface area contributed by atoms with Gasteiger partial charge in [0.1, 0.15) is 5.52 Å². The van der Waals surface area contributed by atoms with Gasteiger partial charge in [0.15, 0.2) is 5.58 Å². The Labute approximate surface area is 109 Å². The van der Waals surface area contributed by atoms with Gasteiger partial charge >= 0.3 is 0 Å². The Morgan fingerprint density at radius 3 is 3.11 bits per heavy atom. The van der Waals surface area contributed by atoms with Gasteiger partial charge < -0.3 is 14.8 Å². The van der Waals surface area contributed by atoms with Gasteiger partial charge in [-0.1, -0.05) is 0 Å². The summed E-state index contributed by atoms with van der Waals surface area (Å²) in [6.45, 7) is 1.87. The topological polar surface area (TPSA) is 75.4 Å². The average Bonchev–Trinajstić information content (AvgIpc) is 2.68.